The fraction of sp³-hybridized carbons (Fsp3) is 1.00. The predicted molar refractivity (Wildman–Crippen MR) is 73.1 cm³/mol. The highest BCUT2D eigenvalue weighted by molar-refractivity contribution is 4.89. The van der Waals surface area contributed by atoms with Crippen molar-refractivity contribution in [2.45, 2.75) is 51.6 Å². The monoisotopic (exact) mass is 242 g/mol. The predicted octanol–water partition coefficient (Wildman–Crippen LogP) is 2.11. The molecule has 102 valence electrons. The molecule has 2 N–H and O–H groups in total. The van der Waals surface area contributed by atoms with Gasteiger partial charge in [0.1, 0.15) is 0 Å². The lowest BCUT2D eigenvalue weighted by Crippen LogP contribution is -2.50. The van der Waals surface area contributed by atoms with E-state index in [4.69, 9.17) is 10.5 Å². The minimum Gasteiger partial charge on any atom is -0.385 e. The van der Waals surface area contributed by atoms with E-state index >= 15 is 0 Å². The molecule has 1 saturated carbocycles. The van der Waals surface area contributed by atoms with Crippen LogP contribution in [-0.4, -0.2) is 44.3 Å². The highest BCUT2D eigenvalue weighted by Gasteiger charge is 2.31. The van der Waals surface area contributed by atoms with Crippen LogP contribution in [0.1, 0.15) is 39.5 Å². The number of likely N-dealkylation sites (N-methyl/N-ethyl adjacent to an activating group) is 1. The van der Waals surface area contributed by atoms with Gasteiger partial charge in [-0.2, -0.15) is 0 Å². The van der Waals surface area contributed by atoms with Gasteiger partial charge in [-0.3, -0.25) is 0 Å². The lowest BCUT2D eigenvalue weighted by Gasteiger charge is -2.41. The average molecular weight is 242 g/mol. The Morgan fingerprint density at radius 1 is 1.35 bits per heavy atom. The third-order valence-electron chi connectivity index (χ3n) is 4.28. The van der Waals surface area contributed by atoms with E-state index in [0.717, 1.165) is 31.4 Å². The molecule has 0 heterocycles. The summed E-state index contributed by atoms with van der Waals surface area (Å²) in [4.78, 5) is 2.44. The Bertz CT molecular complexity index is 208. The van der Waals surface area contributed by atoms with Crippen molar-refractivity contribution in [3.8, 4) is 0 Å². The van der Waals surface area contributed by atoms with Crippen molar-refractivity contribution in [1.29, 1.82) is 0 Å². The molecule has 0 bridgehead atoms. The molecule has 3 heteroatoms. The van der Waals surface area contributed by atoms with Crippen LogP contribution in [0.3, 0.4) is 0 Å². The second kappa shape index (κ2) is 7.34. The zero-order valence-corrected chi connectivity index (χ0v) is 12.0. The highest BCUT2D eigenvalue weighted by Crippen LogP contribution is 2.31. The van der Waals surface area contributed by atoms with Gasteiger partial charge in [-0.05, 0) is 44.6 Å². The molecule has 0 saturated heterocycles. The standard InChI is InChI=1S/C14H30N2O/c1-11(2)12-6-7-13(15)14(10-12)16(3)8-5-9-17-4/h11-14H,5-10,15H2,1-4H3. The molecule has 0 aromatic rings. The summed E-state index contributed by atoms with van der Waals surface area (Å²) in [6.07, 6.45) is 4.86. The summed E-state index contributed by atoms with van der Waals surface area (Å²) < 4.78 is 5.11. The van der Waals surface area contributed by atoms with Crippen LogP contribution >= 0.6 is 0 Å². The second-order valence-electron chi connectivity index (χ2n) is 5.88. The molecule has 1 aliphatic carbocycles. The van der Waals surface area contributed by atoms with Crippen LogP contribution in [0.25, 0.3) is 0 Å². The molecule has 1 rings (SSSR count). The molecule has 0 aromatic heterocycles. The fourth-order valence-electron chi connectivity index (χ4n) is 2.94. The number of nitrogens with two attached hydrogens (primary N) is 1. The van der Waals surface area contributed by atoms with E-state index in [1.165, 1.54) is 19.3 Å². The Kier molecular flexibility index (Phi) is 6.45. The molecule has 0 amide bonds. The van der Waals surface area contributed by atoms with Crippen LogP contribution < -0.4 is 5.73 Å². The zero-order valence-electron chi connectivity index (χ0n) is 12.0. The maximum absolute atomic E-state index is 6.27. The topological polar surface area (TPSA) is 38.5 Å². The van der Waals surface area contributed by atoms with Crippen molar-refractivity contribution in [3.63, 3.8) is 0 Å². The van der Waals surface area contributed by atoms with Gasteiger partial charge in [-0.25, -0.2) is 0 Å². The summed E-state index contributed by atoms with van der Waals surface area (Å²) in [5.74, 6) is 1.64. The van der Waals surface area contributed by atoms with Gasteiger partial charge in [0.2, 0.25) is 0 Å². The van der Waals surface area contributed by atoms with E-state index in [2.05, 4.69) is 25.8 Å². The van der Waals surface area contributed by atoms with Crippen LogP contribution in [0, 0.1) is 11.8 Å². The van der Waals surface area contributed by atoms with E-state index in [0.29, 0.717) is 12.1 Å². The molecular weight excluding hydrogens is 212 g/mol. The number of nitrogens with zero attached hydrogens (tertiary/aromatic N) is 1. The van der Waals surface area contributed by atoms with E-state index in [9.17, 15) is 0 Å². The maximum Gasteiger partial charge on any atom is 0.0474 e. The Morgan fingerprint density at radius 3 is 2.65 bits per heavy atom. The number of hydrogen-bond donors (Lipinski definition) is 1. The second-order valence-corrected chi connectivity index (χ2v) is 5.88. The Balaban J connectivity index is 2.42. The Labute approximate surface area is 107 Å². The Morgan fingerprint density at radius 2 is 2.06 bits per heavy atom. The van der Waals surface area contributed by atoms with Crippen LogP contribution in [0.15, 0.2) is 0 Å². The van der Waals surface area contributed by atoms with Crippen LogP contribution in [0.2, 0.25) is 0 Å². The molecular formula is C14H30N2O. The van der Waals surface area contributed by atoms with Gasteiger partial charge in [0.25, 0.3) is 0 Å². The fourth-order valence-corrected chi connectivity index (χ4v) is 2.94. The van der Waals surface area contributed by atoms with Gasteiger partial charge in [0.15, 0.2) is 0 Å². The summed E-state index contributed by atoms with van der Waals surface area (Å²) in [7, 11) is 3.98. The molecule has 0 aliphatic heterocycles. The first-order valence-corrected chi connectivity index (χ1v) is 7.01. The molecule has 3 atom stereocenters. The van der Waals surface area contributed by atoms with Gasteiger partial charge in [0, 0.05) is 32.3 Å². The first-order valence-electron chi connectivity index (χ1n) is 7.01. The van der Waals surface area contributed by atoms with Crippen molar-refractivity contribution >= 4 is 0 Å². The largest absolute Gasteiger partial charge is 0.385 e. The van der Waals surface area contributed by atoms with Crippen molar-refractivity contribution in [1.82, 2.24) is 4.90 Å². The SMILES string of the molecule is COCCCN(C)C1CC(C(C)C)CCC1N. The maximum atomic E-state index is 6.27. The molecule has 1 aliphatic rings. The molecule has 0 spiro atoms. The van der Waals surface area contributed by atoms with Gasteiger partial charge >= 0.3 is 0 Å². The number of methoxy groups -OCH3 is 1. The van der Waals surface area contributed by atoms with Crippen LogP contribution in [0.4, 0.5) is 0 Å². The summed E-state index contributed by atoms with van der Waals surface area (Å²) in [6, 6.07) is 0.922. The smallest absolute Gasteiger partial charge is 0.0474 e. The molecule has 17 heavy (non-hydrogen) atoms. The average Bonchev–Trinajstić information content (AvgIpc) is 2.29. The Hall–Kier alpha value is -0.120. The van der Waals surface area contributed by atoms with Crippen molar-refractivity contribution < 1.29 is 4.74 Å². The van der Waals surface area contributed by atoms with Crippen LogP contribution in [0.5, 0.6) is 0 Å². The number of ether oxygens (including phenoxy) is 1. The van der Waals surface area contributed by atoms with E-state index in [1.807, 2.05) is 0 Å². The molecule has 0 aromatic carbocycles. The number of hydrogen-bond acceptors (Lipinski definition) is 3. The minimum atomic E-state index is 0.359. The normalized spacial score (nSPS) is 30.2. The summed E-state index contributed by atoms with van der Waals surface area (Å²) >= 11 is 0. The van der Waals surface area contributed by atoms with Crippen LogP contribution in [-0.2, 0) is 4.74 Å². The van der Waals surface area contributed by atoms with E-state index in [1.54, 1.807) is 7.11 Å². The highest BCUT2D eigenvalue weighted by atomic mass is 16.5. The zero-order chi connectivity index (χ0) is 12.8. The van der Waals surface area contributed by atoms with E-state index in [-0.39, 0.29) is 0 Å². The van der Waals surface area contributed by atoms with Gasteiger partial charge < -0.3 is 15.4 Å². The molecule has 1 fully saturated rings. The minimum absolute atomic E-state index is 0.359. The molecule has 3 nitrogen and oxygen atoms in total. The number of rotatable bonds is 6. The third kappa shape index (κ3) is 4.57. The quantitative estimate of drug-likeness (QED) is 0.725. The van der Waals surface area contributed by atoms with Gasteiger partial charge in [0.05, 0.1) is 0 Å². The first kappa shape index (κ1) is 14.9. The lowest BCUT2D eigenvalue weighted by atomic mass is 9.76. The van der Waals surface area contributed by atoms with Crippen molar-refractivity contribution in [3.05, 3.63) is 0 Å². The van der Waals surface area contributed by atoms with Gasteiger partial charge in [-0.1, -0.05) is 13.8 Å². The third-order valence-corrected chi connectivity index (χ3v) is 4.28. The lowest BCUT2D eigenvalue weighted by molar-refractivity contribution is 0.105. The first-order chi connectivity index (χ1) is 8.06. The molecule has 0 radical (unpaired) electrons. The molecule has 3 unspecified atom stereocenters. The summed E-state index contributed by atoms with van der Waals surface area (Å²) in [6.45, 7) is 6.61. The summed E-state index contributed by atoms with van der Waals surface area (Å²) in [5, 5.41) is 0. The van der Waals surface area contributed by atoms with Crippen molar-refractivity contribution in [2.24, 2.45) is 17.6 Å². The van der Waals surface area contributed by atoms with Gasteiger partial charge in [-0.15, -0.1) is 0 Å². The van der Waals surface area contributed by atoms with Crippen molar-refractivity contribution in [2.75, 3.05) is 27.3 Å². The van der Waals surface area contributed by atoms with E-state index < -0.39 is 0 Å². The summed E-state index contributed by atoms with van der Waals surface area (Å²) in [5.41, 5.74) is 6.27.